The normalized spacial score (nSPS) is 13.6. The highest BCUT2D eigenvalue weighted by atomic mass is 16.2. The van der Waals surface area contributed by atoms with Crippen LogP contribution in [0.2, 0.25) is 0 Å². The van der Waals surface area contributed by atoms with Crippen LogP contribution in [0.4, 0.5) is 5.82 Å². The van der Waals surface area contributed by atoms with Gasteiger partial charge in [-0.25, -0.2) is 4.98 Å². The first-order valence-electron chi connectivity index (χ1n) is 10.3. The Morgan fingerprint density at radius 2 is 1.81 bits per heavy atom. The molecule has 0 aliphatic carbocycles. The first-order chi connectivity index (χ1) is 15.1. The fourth-order valence-corrected chi connectivity index (χ4v) is 3.81. The van der Waals surface area contributed by atoms with E-state index in [1.165, 1.54) is 0 Å². The van der Waals surface area contributed by atoms with Crippen molar-refractivity contribution < 1.29 is 9.59 Å². The molecule has 0 unspecified atom stereocenters. The number of nitrogens with zero attached hydrogens (tertiary/aromatic N) is 4. The SMILES string of the molecule is N#Cc1ccnc(N2CCN(C(=O)CNC(=O)Cc3cccc4ccccc34)CC2)c1. The number of pyridine rings is 1. The molecule has 1 aliphatic rings. The summed E-state index contributed by atoms with van der Waals surface area (Å²) in [5.41, 5.74) is 1.51. The van der Waals surface area contributed by atoms with Gasteiger partial charge in [-0.05, 0) is 28.5 Å². The number of rotatable bonds is 5. The molecule has 0 saturated carbocycles. The number of nitrogens with one attached hydrogen (secondary N) is 1. The Bertz CT molecular complexity index is 1140. The molecule has 31 heavy (non-hydrogen) atoms. The molecule has 2 aromatic carbocycles. The maximum atomic E-state index is 12.5. The first kappa shape index (κ1) is 20.4. The van der Waals surface area contributed by atoms with Gasteiger partial charge in [-0.2, -0.15) is 5.26 Å². The number of aromatic nitrogens is 1. The largest absolute Gasteiger partial charge is 0.353 e. The molecule has 1 aliphatic heterocycles. The van der Waals surface area contributed by atoms with E-state index in [1.807, 2.05) is 42.5 Å². The molecule has 0 atom stereocenters. The van der Waals surface area contributed by atoms with Crippen LogP contribution in [0.3, 0.4) is 0 Å². The second kappa shape index (κ2) is 9.26. The summed E-state index contributed by atoms with van der Waals surface area (Å²) in [6.07, 6.45) is 1.86. The minimum absolute atomic E-state index is 0.00817. The summed E-state index contributed by atoms with van der Waals surface area (Å²) in [4.78, 5) is 33.1. The molecule has 0 radical (unpaired) electrons. The van der Waals surface area contributed by atoms with Gasteiger partial charge in [-0.3, -0.25) is 9.59 Å². The molecule has 2 amide bonds. The molecule has 1 saturated heterocycles. The van der Waals surface area contributed by atoms with E-state index < -0.39 is 0 Å². The Morgan fingerprint density at radius 1 is 1.03 bits per heavy atom. The Balaban J connectivity index is 1.27. The monoisotopic (exact) mass is 413 g/mol. The van der Waals surface area contributed by atoms with Gasteiger partial charge in [0.1, 0.15) is 5.82 Å². The fraction of sp³-hybridized carbons (Fsp3) is 0.250. The summed E-state index contributed by atoms with van der Waals surface area (Å²) in [5, 5.41) is 13.9. The Morgan fingerprint density at radius 3 is 2.61 bits per heavy atom. The number of piperazine rings is 1. The number of hydrogen-bond acceptors (Lipinski definition) is 5. The van der Waals surface area contributed by atoms with Gasteiger partial charge in [0.2, 0.25) is 11.8 Å². The zero-order chi connectivity index (χ0) is 21.6. The van der Waals surface area contributed by atoms with Crippen molar-refractivity contribution in [3.8, 4) is 6.07 Å². The van der Waals surface area contributed by atoms with Crippen molar-refractivity contribution in [3.05, 3.63) is 71.9 Å². The third-order valence-electron chi connectivity index (χ3n) is 5.50. The second-order valence-electron chi connectivity index (χ2n) is 7.47. The van der Waals surface area contributed by atoms with Crippen LogP contribution in [0.25, 0.3) is 10.8 Å². The van der Waals surface area contributed by atoms with E-state index in [9.17, 15) is 9.59 Å². The number of nitriles is 1. The summed E-state index contributed by atoms with van der Waals surface area (Å²) in [7, 11) is 0. The Hall–Kier alpha value is -3.92. The zero-order valence-electron chi connectivity index (χ0n) is 17.1. The molecule has 7 nitrogen and oxygen atoms in total. The van der Waals surface area contributed by atoms with E-state index >= 15 is 0 Å². The van der Waals surface area contributed by atoms with Crippen molar-refractivity contribution in [1.29, 1.82) is 5.26 Å². The predicted molar refractivity (Wildman–Crippen MR) is 118 cm³/mol. The van der Waals surface area contributed by atoms with Crippen LogP contribution in [-0.4, -0.2) is 54.4 Å². The zero-order valence-corrected chi connectivity index (χ0v) is 17.1. The molecule has 3 aromatic rings. The van der Waals surface area contributed by atoms with Gasteiger partial charge in [-0.1, -0.05) is 42.5 Å². The fourth-order valence-electron chi connectivity index (χ4n) is 3.81. The van der Waals surface area contributed by atoms with Crippen LogP contribution in [0.5, 0.6) is 0 Å². The van der Waals surface area contributed by atoms with Gasteiger partial charge in [0.05, 0.1) is 24.6 Å². The molecule has 156 valence electrons. The average molecular weight is 413 g/mol. The lowest BCUT2D eigenvalue weighted by Crippen LogP contribution is -2.51. The molecule has 0 spiro atoms. The number of fused-ring (bicyclic) bond motifs is 1. The number of benzene rings is 2. The molecule has 1 N–H and O–H groups in total. The van der Waals surface area contributed by atoms with E-state index in [-0.39, 0.29) is 24.8 Å². The van der Waals surface area contributed by atoms with Crippen LogP contribution in [0.15, 0.2) is 60.8 Å². The van der Waals surface area contributed by atoms with Crippen molar-refractivity contribution in [2.45, 2.75) is 6.42 Å². The molecule has 7 heteroatoms. The van der Waals surface area contributed by atoms with Crippen molar-refractivity contribution in [2.24, 2.45) is 0 Å². The summed E-state index contributed by atoms with van der Waals surface area (Å²) in [5.74, 6) is 0.486. The van der Waals surface area contributed by atoms with Crippen molar-refractivity contribution in [1.82, 2.24) is 15.2 Å². The van der Waals surface area contributed by atoms with E-state index in [2.05, 4.69) is 21.3 Å². The predicted octanol–water partition coefficient (Wildman–Crippen LogP) is 2.11. The quantitative estimate of drug-likeness (QED) is 0.692. The summed E-state index contributed by atoms with van der Waals surface area (Å²) >= 11 is 0. The molecular weight excluding hydrogens is 390 g/mol. The lowest BCUT2D eigenvalue weighted by molar-refractivity contribution is -0.133. The number of carbonyl (C=O) groups is 2. The van der Waals surface area contributed by atoms with E-state index in [0.29, 0.717) is 31.7 Å². The number of hydrogen-bond donors (Lipinski definition) is 1. The van der Waals surface area contributed by atoms with Crippen LogP contribution in [0.1, 0.15) is 11.1 Å². The van der Waals surface area contributed by atoms with Crippen molar-refractivity contribution in [2.75, 3.05) is 37.6 Å². The van der Waals surface area contributed by atoms with E-state index in [4.69, 9.17) is 5.26 Å². The third kappa shape index (κ3) is 4.81. The highest BCUT2D eigenvalue weighted by Gasteiger charge is 2.22. The van der Waals surface area contributed by atoms with Crippen molar-refractivity contribution >= 4 is 28.4 Å². The smallest absolute Gasteiger partial charge is 0.242 e. The number of anilines is 1. The number of carbonyl (C=O) groups excluding carboxylic acids is 2. The summed E-state index contributed by atoms with van der Waals surface area (Å²) < 4.78 is 0. The number of amides is 2. The molecule has 2 heterocycles. The van der Waals surface area contributed by atoms with Crippen LogP contribution in [-0.2, 0) is 16.0 Å². The maximum Gasteiger partial charge on any atom is 0.242 e. The first-order valence-corrected chi connectivity index (χ1v) is 10.3. The summed E-state index contributed by atoms with van der Waals surface area (Å²) in [6.45, 7) is 2.37. The highest BCUT2D eigenvalue weighted by Crippen LogP contribution is 2.19. The molecule has 0 bridgehead atoms. The Labute approximate surface area is 180 Å². The topological polar surface area (TPSA) is 89.3 Å². The lowest BCUT2D eigenvalue weighted by atomic mass is 10.0. The molecule has 1 fully saturated rings. The van der Waals surface area contributed by atoms with Gasteiger partial charge in [0, 0.05) is 32.4 Å². The minimum Gasteiger partial charge on any atom is -0.353 e. The summed E-state index contributed by atoms with van der Waals surface area (Å²) in [6, 6.07) is 19.4. The second-order valence-corrected chi connectivity index (χ2v) is 7.47. The van der Waals surface area contributed by atoms with Gasteiger partial charge >= 0.3 is 0 Å². The minimum atomic E-state index is -0.166. The Kier molecular flexibility index (Phi) is 6.08. The molecule has 4 rings (SSSR count). The van der Waals surface area contributed by atoms with Gasteiger partial charge < -0.3 is 15.1 Å². The van der Waals surface area contributed by atoms with Crippen molar-refractivity contribution in [3.63, 3.8) is 0 Å². The van der Waals surface area contributed by atoms with Crippen LogP contribution >= 0.6 is 0 Å². The molecular formula is C24H23N5O2. The third-order valence-corrected chi connectivity index (χ3v) is 5.50. The lowest BCUT2D eigenvalue weighted by Gasteiger charge is -2.35. The maximum absolute atomic E-state index is 12.5. The van der Waals surface area contributed by atoms with Gasteiger partial charge in [0.15, 0.2) is 0 Å². The standard InChI is InChI=1S/C24H23N5O2/c25-16-18-8-9-26-22(14-18)28-10-12-29(13-11-28)24(31)17-27-23(30)15-20-6-3-5-19-4-1-2-7-21(19)20/h1-9,14H,10-13,15,17H2,(H,27,30). The van der Waals surface area contributed by atoms with E-state index in [0.717, 1.165) is 22.2 Å². The highest BCUT2D eigenvalue weighted by molar-refractivity contribution is 5.91. The van der Waals surface area contributed by atoms with Gasteiger partial charge in [-0.15, -0.1) is 0 Å². The van der Waals surface area contributed by atoms with Crippen LogP contribution in [0, 0.1) is 11.3 Å². The van der Waals surface area contributed by atoms with E-state index in [1.54, 1.807) is 23.2 Å². The average Bonchev–Trinajstić information content (AvgIpc) is 2.83. The van der Waals surface area contributed by atoms with Crippen LogP contribution < -0.4 is 10.2 Å². The molecule has 1 aromatic heterocycles. The van der Waals surface area contributed by atoms with Gasteiger partial charge in [0.25, 0.3) is 0 Å².